The van der Waals surface area contributed by atoms with Gasteiger partial charge < -0.3 is 0 Å². The Balaban J connectivity index is 1.78. The Morgan fingerprint density at radius 2 is 1.86 bits per heavy atom. The van der Waals surface area contributed by atoms with Crippen LogP contribution < -0.4 is 0 Å². The third-order valence-electron chi connectivity index (χ3n) is 7.38. The molecule has 0 bridgehead atoms. The third-order valence-corrected chi connectivity index (χ3v) is 7.38. The summed E-state index contributed by atoms with van der Waals surface area (Å²) in [5.41, 5.74) is 3.01. The highest BCUT2D eigenvalue weighted by Crippen LogP contribution is 2.71. The fraction of sp³-hybridized carbons (Fsp3) is 0.750. The summed E-state index contributed by atoms with van der Waals surface area (Å²) in [5, 5.41) is 0. The topological polar surface area (TPSA) is 17.1 Å². The average Bonchev–Trinajstić information content (AvgIpc) is 2.88. The van der Waals surface area contributed by atoms with Crippen molar-refractivity contribution in [2.24, 2.45) is 46.8 Å². The van der Waals surface area contributed by atoms with Gasteiger partial charge in [0.1, 0.15) is 0 Å². The number of carbonyl (C=O) groups is 1. The molecule has 1 nitrogen and oxygen atoms in total. The van der Waals surface area contributed by atoms with Gasteiger partial charge >= 0.3 is 0 Å². The lowest BCUT2D eigenvalue weighted by atomic mass is 9.65. The van der Waals surface area contributed by atoms with Gasteiger partial charge in [0.15, 0.2) is 5.78 Å². The van der Waals surface area contributed by atoms with E-state index >= 15 is 0 Å². The summed E-state index contributed by atoms with van der Waals surface area (Å²) < 4.78 is 0. The van der Waals surface area contributed by atoms with Crippen LogP contribution in [0, 0.1) is 46.8 Å². The minimum absolute atomic E-state index is 0.247. The highest BCUT2D eigenvalue weighted by molar-refractivity contribution is 5.99. The average molecular weight is 284 g/mol. The lowest BCUT2D eigenvalue weighted by Gasteiger charge is -2.39. The number of rotatable bonds is 0. The summed E-state index contributed by atoms with van der Waals surface area (Å²) in [4.78, 5) is 12.5. The van der Waals surface area contributed by atoms with Crippen LogP contribution in [0.25, 0.3) is 0 Å². The smallest absolute Gasteiger partial charge is 0.162 e. The normalized spacial score (nSPS) is 50.3. The Kier molecular flexibility index (Phi) is 2.70. The first-order valence-corrected chi connectivity index (χ1v) is 8.72. The fourth-order valence-corrected chi connectivity index (χ4v) is 6.33. The van der Waals surface area contributed by atoms with E-state index in [9.17, 15) is 4.79 Å². The Bertz CT molecular complexity index is 564. The highest BCUT2D eigenvalue weighted by Gasteiger charge is 2.66. The van der Waals surface area contributed by atoms with Crippen molar-refractivity contribution >= 4 is 5.78 Å². The van der Waals surface area contributed by atoms with Gasteiger partial charge in [0.2, 0.25) is 0 Å². The van der Waals surface area contributed by atoms with Crippen molar-refractivity contribution in [1.29, 1.82) is 0 Å². The third kappa shape index (κ3) is 1.72. The van der Waals surface area contributed by atoms with Crippen LogP contribution in [0.2, 0.25) is 0 Å². The number of carbonyl (C=O) groups excluding carboxylic acids is 1. The molecule has 0 aromatic carbocycles. The molecule has 114 valence electrons. The van der Waals surface area contributed by atoms with Crippen molar-refractivity contribution < 1.29 is 4.79 Å². The molecule has 0 spiro atoms. The van der Waals surface area contributed by atoms with Gasteiger partial charge in [-0.15, -0.1) is 0 Å². The maximum Gasteiger partial charge on any atom is 0.162 e. The van der Waals surface area contributed by atoms with Crippen molar-refractivity contribution in [2.75, 3.05) is 0 Å². The van der Waals surface area contributed by atoms with Crippen molar-refractivity contribution in [3.05, 3.63) is 23.3 Å². The second kappa shape index (κ2) is 4.12. The van der Waals surface area contributed by atoms with E-state index in [4.69, 9.17) is 0 Å². The number of fused-ring (bicyclic) bond motifs is 5. The summed E-state index contributed by atoms with van der Waals surface area (Å²) in [6.45, 7) is 11.7. The molecule has 21 heavy (non-hydrogen) atoms. The number of Topliss-reactive ketones (excluding diaryl/α,β-unsaturated/α-hetero) is 1. The van der Waals surface area contributed by atoms with E-state index in [0.29, 0.717) is 29.0 Å². The number of hydrogen-bond acceptors (Lipinski definition) is 1. The predicted molar refractivity (Wildman–Crippen MR) is 85.6 cm³/mol. The van der Waals surface area contributed by atoms with Gasteiger partial charge in [-0.3, -0.25) is 4.79 Å². The summed E-state index contributed by atoms with van der Waals surface area (Å²) >= 11 is 0. The second-order valence-electron chi connectivity index (χ2n) is 8.94. The summed E-state index contributed by atoms with van der Waals surface area (Å²) in [7, 11) is 0. The first-order chi connectivity index (χ1) is 9.82. The first kappa shape index (κ1) is 13.8. The van der Waals surface area contributed by atoms with Gasteiger partial charge in [0, 0.05) is 5.92 Å². The minimum atomic E-state index is 0.247. The Hall–Kier alpha value is -0.850. The SMILES string of the molecule is CC1=C[C@@H]2C([C@@H]3C=C(C)C(=O)C3C1)[C@H](C)CC1[C@@H]2C1(C)C. The van der Waals surface area contributed by atoms with E-state index in [1.807, 2.05) is 6.92 Å². The van der Waals surface area contributed by atoms with Crippen LogP contribution in [-0.2, 0) is 4.79 Å². The van der Waals surface area contributed by atoms with E-state index in [0.717, 1.165) is 29.7 Å². The Labute approximate surface area is 128 Å². The molecule has 0 amide bonds. The number of hydrogen-bond donors (Lipinski definition) is 0. The van der Waals surface area contributed by atoms with E-state index in [1.54, 1.807) is 0 Å². The molecular weight excluding hydrogens is 256 g/mol. The maximum atomic E-state index is 12.5. The van der Waals surface area contributed by atoms with Gasteiger partial charge in [-0.2, -0.15) is 0 Å². The van der Waals surface area contributed by atoms with Crippen LogP contribution in [0.1, 0.15) is 47.5 Å². The lowest BCUT2D eigenvalue weighted by Crippen LogP contribution is -2.35. The molecular formula is C20H28O. The molecule has 4 rings (SSSR count). The van der Waals surface area contributed by atoms with E-state index in [2.05, 4.69) is 39.8 Å². The zero-order valence-electron chi connectivity index (χ0n) is 14.0. The highest BCUT2D eigenvalue weighted by atomic mass is 16.1. The first-order valence-electron chi connectivity index (χ1n) is 8.72. The van der Waals surface area contributed by atoms with Crippen LogP contribution in [-0.4, -0.2) is 5.78 Å². The van der Waals surface area contributed by atoms with Crippen molar-refractivity contribution in [3.63, 3.8) is 0 Å². The van der Waals surface area contributed by atoms with Crippen molar-refractivity contribution in [1.82, 2.24) is 0 Å². The predicted octanol–water partition coefficient (Wildman–Crippen LogP) is 4.64. The molecule has 2 saturated carbocycles. The quantitative estimate of drug-likeness (QED) is 0.592. The summed E-state index contributed by atoms with van der Waals surface area (Å²) in [6, 6.07) is 0. The van der Waals surface area contributed by atoms with Crippen LogP contribution in [0.5, 0.6) is 0 Å². The van der Waals surface area contributed by atoms with E-state index in [-0.39, 0.29) is 5.92 Å². The van der Waals surface area contributed by atoms with E-state index < -0.39 is 0 Å². The minimum Gasteiger partial charge on any atom is -0.294 e. The zero-order chi connectivity index (χ0) is 15.1. The molecule has 0 aromatic rings. The number of ketones is 1. The molecule has 0 radical (unpaired) electrons. The molecule has 7 atom stereocenters. The molecule has 0 aliphatic heterocycles. The van der Waals surface area contributed by atoms with Crippen molar-refractivity contribution in [3.8, 4) is 0 Å². The fourth-order valence-electron chi connectivity index (χ4n) is 6.33. The van der Waals surface area contributed by atoms with E-state index in [1.165, 1.54) is 12.0 Å². The second-order valence-corrected chi connectivity index (χ2v) is 8.94. The molecule has 1 heteroatoms. The standard InChI is InChI=1S/C20H28O/c1-10-6-14-13(8-12(3)19(14)21)17-11(2)9-16-18(15(17)7-10)20(16,4)5/h7-8,11,13-18H,6,9H2,1-5H3/t11-,13-,14?,15-,16?,17?,18-/m1/s1. The zero-order valence-corrected chi connectivity index (χ0v) is 14.0. The molecule has 4 aliphatic rings. The van der Waals surface area contributed by atoms with Crippen molar-refractivity contribution in [2.45, 2.75) is 47.5 Å². The van der Waals surface area contributed by atoms with Gasteiger partial charge in [0.25, 0.3) is 0 Å². The number of allylic oxidation sites excluding steroid dienone is 4. The van der Waals surface area contributed by atoms with Gasteiger partial charge in [0.05, 0.1) is 0 Å². The lowest BCUT2D eigenvalue weighted by molar-refractivity contribution is -0.119. The monoisotopic (exact) mass is 284 g/mol. The largest absolute Gasteiger partial charge is 0.294 e. The summed E-state index contributed by atoms with van der Waals surface area (Å²) in [6.07, 6.45) is 7.27. The van der Waals surface area contributed by atoms with Crippen LogP contribution in [0.3, 0.4) is 0 Å². The summed E-state index contributed by atoms with van der Waals surface area (Å²) in [5.74, 6) is 5.10. The van der Waals surface area contributed by atoms with Gasteiger partial charge in [-0.1, -0.05) is 38.5 Å². The molecule has 0 heterocycles. The van der Waals surface area contributed by atoms with Gasteiger partial charge in [-0.05, 0) is 73.2 Å². The molecule has 2 fully saturated rings. The molecule has 3 unspecified atom stereocenters. The van der Waals surface area contributed by atoms with Gasteiger partial charge in [-0.25, -0.2) is 0 Å². The van der Waals surface area contributed by atoms with Crippen LogP contribution in [0.15, 0.2) is 23.3 Å². The van der Waals surface area contributed by atoms with Crippen LogP contribution in [0.4, 0.5) is 0 Å². The molecule has 0 N–H and O–H groups in total. The Morgan fingerprint density at radius 3 is 2.57 bits per heavy atom. The molecule has 0 aromatic heterocycles. The Morgan fingerprint density at radius 1 is 1.14 bits per heavy atom. The van der Waals surface area contributed by atoms with Crippen LogP contribution >= 0.6 is 0 Å². The maximum absolute atomic E-state index is 12.5. The molecule has 4 aliphatic carbocycles. The molecule has 0 saturated heterocycles.